The van der Waals surface area contributed by atoms with E-state index in [0.29, 0.717) is 26.1 Å². The van der Waals surface area contributed by atoms with Gasteiger partial charge in [0, 0.05) is 19.5 Å². The van der Waals surface area contributed by atoms with Crippen molar-refractivity contribution < 1.29 is 23.1 Å². The minimum atomic E-state index is -4.29. The van der Waals surface area contributed by atoms with Gasteiger partial charge in [-0.05, 0) is 6.54 Å². The Morgan fingerprint density at radius 1 is 1.41 bits per heavy atom. The van der Waals surface area contributed by atoms with Crippen molar-refractivity contribution in [1.29, 1.82) is 0 Å². The highest BCUT2D eigenvalue weighted by Gasteiger charge is 2.27. The summed E-state index contributed by atoms with van der Waals surface area (Å²) < 4.78 is 39.8. The molecule has 0 spiro atoms. The number of halogens is 3. The largest absolute Gasteiger partial charge is 0.411 e. The standard InChI is InChI=1S/C9H18F3N3O2/c1-2-15(4-3-8(13)14-16)5-6-17-7-9(10,11)12/h16H,2-7H2,1H3,(H2,13,14). The molecule has 3 N–H and O–H groups in total. The average Bonchev–Trinajstić information content (AvgIpc) is 2.26. The molecule has 0 radical (unpaired) electrons. The van der Waals surface area contributed by atoms with Crippen LogP contribution < -0.4 is 5.73 Å². The molecule has 0 rings (SSSR count). The van der Waals surface area contributed by atoms with Crippen LogP contribution in [0.1, 0.15) is 13.3 Å². The van der Waals surface area contributed by atoms with Crippen LogP contribution in [-0.2, 0) is 4.74 Å². The molecule has 8 heteroatoms. The lowest BCUT2D eigenvalue weighted by Crippen LogP contribution is -2.32. The summed E-state index contributed by atoms with van der Waals surface area (Å²) >= 11 is 0. The van der Waals surface area contributed by atoms with Gasteiger partial charge in [-0.25, -0.2) is 0 Å². The minimum absolute atomic E-state index is 0.00349. The summed E-state index contributed by atoms with van der Waals surface area (Å²) in [4.78, 5) is 1.86. The van der Waals surface area contributed by atoms with E-state index in [1.54, 1.807) is 0 Å². The zero-order valence-corrected chi connectivity index (χ0v) is 9.70. The van der Waals surface area contributed by atoms with Gasteiger partial charge in [-0.2, -0.15) is 13.2 Å². The molecule has 0 unspecified atom stereocenters. The minimum Gasteiger partial charge on any atom is -0.409 e. The van der Waals surface area contributed by atoms with Crippen molar-refractivity contribution in [2.24, 2.45) is 10.9 Å². The van der Waals surface area contributed by atoms with E-state index in [9.17, 15) is 13.2 Å². The van der Waals surface area contributed by atoms with Gasteiger partial charge in [0.25, 0.3) is 0 Å². The Hall–Kier alpha value is -1.02. The molecule has 0 bridgehead atoms. The number of nitrogens with two attached hydrogens (primary N) is 1. The normalized spacial score (nSPS) is 13.4. The van der Waals surface area contributed by atoms with Crippen molar-refractivity contribution in [2.75, 3.05) is 32.8 Å². The smallest absolute Gasteiger partial charge is 0.409 e. The number of alkyl halides is 3. The van der Waals surface area contributed by atoms with Crippen LogP contribution in [0, 0.1) is 0 Å². The second kappa shape index (κ2) is 8.13. The summed E-state index contributed by atoms with van der Waals surface area (Å²) in [6.45, 7) is 2.20. The molecule has 5 nitrogen and oxygen atoms in total. The van der Waals surface area contributed by atoms with Crippen LogP contribution in [0.25, 0.3) is 0 Å². The van der Waals surface area contributed by atoms with Gasteiger partial charge in [-0.3, -0.25) is 0 Å². The van der Waals surface area contributed by atoms with E-state index in [4.69, 9.17) is 10.9 Å². The number of rotatable bonds is 8. The fourth-order valence-corrected chi connectivity index (χ4v) is 1.13. The van der Waals surface area contributed by atoms with Crippen LogP contribution >= 0.6 is 0 Å². The molecule has 0 atom stereocenters. The number of oxime groups is 1. The third-order valence-electron chi connectivity index (χ3n) is 2.08. The summed E-state index contributed by atoms with van der Waals surface area (Å²) in [6.07, 6.45) is -3.92. The van der Waals surface area contributed by atoms with E-state index in [1.807, 2.05) is 11.8 Å². The van der Waals surface area contributed by atoms with Gasteiger partial charge < -0.3 is 20.6 Å². The maximum atomic E-state index is 11.8. The predicted molar refractivity (Wildman–Crippen MR) is 57.0 cm³/mol. The molecule has 0 aliphatic heterocycles. The Labute approximate surface area is 98.0 Å². The second-order valence-corrected chi connectivity index (χ2v) is 3.44. The fraction of sp³-hybridized carbons (Fsp3) is 0.889. The maximum absolute atomic E-state index is 11.8. The molecule has 102 valence electrons. The van der Waals surface area contributed by atoms with E-state index in [2.05, 4.69) is 9.89 Å². The highest BCUT2D eigenvalue weighted by atomic mass is 19.4. The monoisotopic (exact) mass is 257 g/mol. The molecule has 0 aromatic carbocycles. The van der Waals surface area contributed by atoms with E-state index in [-0.39, 0.29) is 12.4 Å². The third-order valence-corrected chi connectivity index (χ3v) is 2.08. The Bertz CT molecular complexity index is 234. The Kier molecular flexibility index (Phi) is 7.64. The van der Waals surface area contributed by atoms with Crippen molar-refractivity contribution >= 4 is 5.84 Å². The van der Waals surface area contributed by atoms with Gasteiger partial charge in [0.2, 0.25) is 0 Å². The quantitative estimate of drug-likeness (QED) is 0.224. The maximum Gasteiger partial charge on any atom is 0.411 e. The van der Waals surface area contributed by atoms with Crippen LogP contribution in [0.15, 0.2) is 5.16 Å². The van der Waals surface area contributed by atoms with Crippen LogP contribution in [0.5, 0.6) is 0 Å². The molecular formula is C9H18F3N3O2. The zero-order valence-electron chi connectivity index (χ0n) is 9.70. The molecule has 0 saturated heterocycles. The Balaban J connectivity index is 3.68. The summed E-state index contributed by atoms with van der Waals surface area (Å²) in [5.74, 6) is 0.0969. The third kappa shape index (κ3) is 9.88. The molecule has 0 saturated carbocycles. The Morgan fingerprint density at radius 2 is 2.06 bits per heavy atom. The van der Waals surface area contributed by atoms with Crippen molar-refractivity contribution in [3.8, 4) is 0 Å². The first kappa shape index (κ1) is 16.0. The molecular weight excluding hydrogens is 239 g/mol. The summed E-state index contributed by atoms with van der Waals surface area (Å²) in [5.41, 5.74) is 5.28. The predicted octanol–water partition coefficient (Wildman–Crippen LogP) is 1.02. The van der Waals surface area contributed by atoms with Crippen LogP contribution in [0.4, 0.5) is 13.2 Å². The van der Waals surface area contributed by atoms with Crippen molar-refractivity contribution in [1.82, 2.24) is 4.90 Å². The molecule has 0 heterocycles. The van der Waals surface area contributed by atoms with Crippen LogP contribution in [0.2, 0.25) is 0 Å². The van der Waals surface area contributed by atoms with Gasteiger partial charge in [-0.15, -0.1) is 0 Å². The van der Waals surface area contributed by atoms with Gasteiger partial charge >= 0.3 is 6.18 Å². The van der Waals surface area contributed by atoms with Crippen molar-refractivity contribution in [3.05, 3.63) is 0 Å². The van der Waals surface area contributed by atoms with Crippen molar-refractivity contribution in [2.45, 2.75) is 19.5 Å². The average molecular weight is 257 g/mol. The number of nitrogens with zero attached hydrogens (tertiary/aromatic N) is 2. The number of likely N-dealkylation sites (N-methyl/N-ethyl adjacent to an activating group) is 1. The van der Waals surface area contributed by atoms with Crippen molar-refractivity contribution in [3.63, 3.8) is 0 Å². The molecule has 0 aromatic heterocycles. The first-order valence-electron chi connectivity index (χ1n) is 5.22. The van der Waals surface area contributed by atoms with E-state index in [1.165, 1.54) is 0 Å². The number of ether oxygens (including phenoxy) is 1. The summed E-state index contributed by atoms with van der Waals surface area (Å²) in [6, 6.07) is 0. The topological polar surface area (TPSA) is 71.1 Å². The summed E-state index contributed by atoms with van der Waals surface area (Å²) in [5, 5.41) is 11.1. The molecule has 17 heavy (non-hydrogen) atoms. The first-order chi connectivity index (χ1) is 7.89. The van der Waals surface area contributed by atoms with Gasteiger partial charge in [0.15, 0.2) is 0 Å². The van der Waals surface area contributed by atoms with Crippen LogP contribution in [0.3, 0.4) is 0 Å². The highest BCUT2D eigenvalue weighted by Crippen LogP contribution is 2.14. The number of hydrogen-bond acceptors (Lipinski definition) is 4. The molecule has 0 aliphatic rings. The summed E-state index contributed by atoms with van der Waals surface area (Å²) in [7, 11) is 0. The molecule has 0 aromatic rings. The second-order valence-electron chi connectivity index (χ2n) is 3.44. The molecule has 0 amide bonds. The van der Waals surface area contributed by atoms with E-state index < -0.39 is 12.8 Å². The van der Waals surface area contributed by atoms with E-state index in [0.717, 1.165) is 0 Å². The molecule has 0 aliphatic carbocycles. The zero-order chi connectivity index (χ0) is 13.3. The number of amidine groups is 1. The molecule has 0 fully saturated rings. The number of hydrogen-bond donors (Lipinski definition) is 2. The lowest BCUT2D eigenvalue weighted by molar-refractivity contribution is -0.174. The van der Waals surface area contributed by atoms with Gasteiger partial charge in [0.05, 0.1) is 6.61 Å². The van der Waals surface area contributed by atoms with E-state index >= 15 is 0 Å². The van der Waals surface area contributed by atoms with Gasteiger partial charge in [-0.1, -0.05) is 12.1 Å². The SMILES string of the molecule is CCN(CCOCC(F)(F)F)CCC(N)=NO. The van der Waals surface area contributed by atoms with Gasteiger partial charge in [0.1, 0.15) is 12.4 Å². The Morgan fingerprint density at radius 3 is 2.53 bits per heavy atom. The fourth-order valence-electron chi connectivity index (χ4n) is 1.13. The lowest BCUT2D eigenvalue weighted by Gasteiger charge is -2.20. The highest BCUT2D eigenvalue weighted by molar-refractivity contribution is 5.79. The lowest BCUT2D eigenvalue weighted by atomic mass is 10.3. The van der Waals surface area contributed by atoms with Crippen LogP contribution in [-0.4, -0.2) is 55.0 Å². The first-order valence-corrected chi connectivity index (χ1v) is 5.22.